The van der Waals surface area contributed by atoms with Gasteiger partial charge in [-0.3, -0.25) is 0 Å². The van der Waals surface area contributed by atoms with Crippen LogP contribution < -0.4 is 0 Å². The van der Waals surface area contributed by atoms with Crippen LogP contribution in [0, 0.1) is 17.7 Å². The van der Waals surface area contributed by atoms with E-state index in [0.717, 1.165) is 19.3 Å². The van der Waals surface area contributed by atoms with Crippen LogP contribution >= 0.6 is 0 Å². The van der Waals surface area contributed by atoms with Crippen LogP contribution in [0.1, 0.15) is 45.1 Å². The molecule has 2 rings (SSSR count). The van der Waals surface area contributed by atoms with Crippen LogP contribution in [0.2, 0.25) is 0 Å². The van der Waals surface area contributed by atoms with Crippen molar-refractivity contribution in [1.82, 2.24) is 0 Å². The first-order chi connectivity index (χ1) is 8.53. The van der Waals surface area contributed by atoms with Crippen LogP contribution in [0.5, 0.6) is 0 Å². The first-order valence-corrected chi connectivity index (χ1v) is 6.99. The van der Waals surface area contributed by atoms with Gasteiger partial charge in [-0.25, -0.2) is 4.39 Å². The number of halogens is 1. The second-order valence-electron chi connectivity index (χ2n) is 5.97. The Morgan fingerprint density at radius 3 is 2.72 bits per heavy atom. The smallest absolute Gasteiger partial charge is 0.126 e. The summed E-state index contributed by atoms with van der Waals surface area (Å²) >= 11 is 0. The Balaban J connectivity index is 2.21. The zero-order chi connectivity index (χ0) is 13.2. The maximum absolute atomic E-state index is 13.7. The number of aliphatic hydroxyl groups is 1. The van der Waals surface area contributed by atoms with Gasteiger partial charge in [0, 0.05) is 6.42 Å². The van der Waals surface area contributed by atoms with Crippen LogP contribution in [0.4, 0.5) is 4.39 Å². The third-order valence-electron chi connectivity index (χ3n) is 4.32. The summed E-state index contributed by atoms with van der Waals surface area (Å²) in [5.74, 6) is 0.534. The Kier molecular flexibility index (Phi) is 4.06. The molecule has 0 aromatic heterocycles. The molecule has 2 atom stereocenters. The van der Waals surface area contributed by atoms with Gasteiger partial charge in [-0.05, 0) is 36.3 Å². The van der Waals surface area contributed by atoms with E-state index in [4.69, 9.17) is 0 Å². The molecule has 1 aliphatic carbocycles. The van der Waals surface area contributed by atoms with Crippen molar-refractivity contribution in [2.24, 2.45) is 11.8 Å². The van der Waals surface area contributed by atoms with Crippen molar-refractivity contribution in [3.63, 3.8) is 0 Å². The van der Waals surface area contributed by atoms with E-state index < -0.39 is 5.60 Å². The molecule has 1 aliphatic rings. The summed E-state index contributed by atoms with van der Waals surface area (Å²) < 4.78 is 13.7. The molecule has 0 radical (unpaired) electrons. The molecular formula is C16H23FO. The second kappa shape index (κ2) is 5.40. The molecule has 100 valence electrons. The van der Waals surface area contributed by atoms with Crippen molar-refractivity contribution in [2.75, 3.05) is 0 Å². The van der Waals surface area contributed by atoms with Crippen LogP contribution in [0.25, 0.3) is 0 Å². The lowest BCUT2D eigenvalue weighted by Crippen LogP contribution is -2.45. The average Bonchev–Trinajstić information content (AvgIpc) is 2.32. The fourth-order valence-corrected chi connectivity index (χ4v) is 3.39. The summed E-state index contributed by atoms with van der Waals surface area (Å²) in [4.78, 5) is 0. The lowest BCUT2D eigenvalue weighted by molar-refractivity contribution is -0.0657. The molecule has 1 aromatic carbocycles. The summed E-state index contributed by atoms with van der Waals surface area (Å²) in [5, 5.41) is 10.9. The van der Waals surface area contributed by atoms with E-state index in [9.17, 15) is 9.50 Å². The molecule has 0 amide bonds. The lowest BCUT2D eigenvalue weighted by atomic mass is 9.68. The van der Waals surface area contributed by atoms with Crippen molar-refractivity contribution in [2.45, 2.75) is 51.6 Å². The van der Waals surface area contributed by atoms with Gasteiger partial charge in [0.15, 0.2) is 0 Å². The minimum Gasteiger partial charge on any atom is -0.389 e. The Morgan fingerprint density at radius 1 is 1.33 bits per heavy atom. The van der Waals surface area contributed by atoms with Crippen molar-refractivity contribution in [3.8, 4) is 0 Å². The van der Waals surface area contributed by atoms with Gasteiger partial charge in [-0.2, -0.15) is 0 Å². The highest BCUT2D eigenvalue weighted by Crippen LogP contribution is 2.40. The first kappa shape index (κ1) is 13.5. The van der Waals surface area contributed by atoms with E-state index in [1.165, 1.54) is 12.5 Å². The monoisotopic (exact) mass is 250 g/mol. The molecule has 1 saturated carbocycles. The van der Waals surface area contributed by atoms with Gasteiger partial charge in [0.25, 0.3) is 0 Å². The van der Waals surface area contributed by atoms with Crippen molar-refractivity contribution in [3.05, 3.63) is 35.6 Å². The lowest BCUT2D eigenvalue weighted by Gasteiger charge is -2.42. The zero-order valence-corrected chi connectivity index (χ0v) is 11.3. The van der Waals surface area contributed by atoms with Gasteiger partial charge >= 0.3 is 0 Å². The summed E-state index contributed by atoms with van der Waals surface area (Å²) in [6.07, 6.45) is 4.53. The van der Waals surface area contributed by atoms with Crippen LogP contribution in [0.3, 0.4) is 0 Å². The van der Waals surface area contributed by atoms with Gasteiger partial charge < -0.3 is 5.11 Å². The predicted octanol–water partition coefficient (Wildman–Crippen LogP) is 3.95. The molecule has 2 unspecified atom stereocenters. The normalized spacial score (nSPS) is 28.6. The van der Waals surface area contributed by atoms with Gasteiger partial charge in [0.1, 0.15) is 5.82 Å². The molecule has 0 heterocycles. The highest BCUT2D eigenvalue weighted by molar-refractivity contribution is 5.20. The highest BCUT2D eigenvalue weighted by atomic mass is 19.1. The van der Waals surface area contributed by atoms with Crippen molar-refractivity contribution >= 4 is 0 Å². The number of hydrogen-bond acceptors (Lipinski definition) is 1. The van der Waals surface area contributed by atoms with E-state index in [1.54, 1.807) is 12.1 Å². The van der Waals surface area contributed by atoms with Gasteiger partial charge in [-0.15, -0.1) is 0 Å². The Bertz CT molecular complexity index is 402. The largest absolute Gasteiger partial charge is 0.389 e. The van der Waals surface area contributed by atoms with E-state index in [2.05, 4.69) is 13.8 Å². The van der Waals surface area contributed by atoms with E-state index in [1.807, 2.05) is 6.07 Å². The minimum atomic E-state index is -0.728. The molecule has 0 bridgehead atoms. The van der Waals surface area contributed by atoms with E-state index >= 15 is 0 Å². The maximum Gasteiger partial charge on any atom is 0.126 e. The van der Waals surface area contributed by atoms with Gasteiger partial charge in [0.05, 0.1) is 5.60 Å². The molecule has 0 saturated heterocycles. The van der Waals surface area contributed by atoms with Crippen LogP contribution in [-0.4, -0.2) is 10.7 Å². The molecule has 1 fully saturated rings. The predicted molar refractivity (Wildman–Crippen MR) is 71.8 cm³/mol. The van der Waals surface area contributed by atoms with E-state index in [0.29, 0.717) is 17.9 Å². The molecule has 1 aromatic rings. The summed E-state index contributed by atoms with van der Waals surface area (Å²) in [7, 11) is 0. The van der Waals surface area contributed by atoms with Gasteiger partial charge in [-0.1, -0.05) is 44.9 Å². The highest BCUT2D eigenvalue weighted by Gasteiger charge is 2.40. The average molecular weight is 250 g/mol. The first-order valence-electron chi connectivity index (χ1n) is 6.99. The number of benzene rings is 1. The molecule has 2 heteroatoms. The Morgan fingerprint density at radius 2 is 2.06 bits per heavy atom. The maximum atomic E-state index is 13.7. The van der Waals surface area contributed by atoms with Crippen molar-refractivity contribution < 1.29 is 9.50 Å². The third kappa shape index (κ3) is 2.74. The quantitative estimate of drug-likeness (QED) is 0.861. The second-order valence-corrected chi connectivity index (χ2v) is 5.97. The summed E-state index contributed by atoms with van der Waals surface area (Å²) in [5.41, 5.74) is -0.0817. The Labute approximate surface area is 109 Å². The number of hydrogen-bond donors (Lipinski definition) is 1. The van der Waals surface area contributed by atoms with Crippen LogP contribution in [0.15, 0.2) is 24.3 Å². The third-order valence-corrected chi connectivity index (χ3v) is 4.32. The van der Waals surface area contributed by atoms with Gasteiger partial charge in [0.2, 0.25) is 0 Å². The molecule has 1 N–H and O–H groups in total. The topological polar surface area (TPSA) is 20.2 Å². The zero-order valence-electron chi connectivity index (χ0n) is 11.3. The molecule has 18 heavy (non-hydrogen) atoms. The number of rotatable bonds is 3. The molecular weight excluding hydrogens is 227 g/mol. The minimum absolute atomic E-state index is 0.195. The standard InChI is InChI=1S/C16H23FO/c1-12(2)14-8-5-6-10-16(14,18)11-13-7-3-4-9-15(13)17/h3-4,7,9,12,14,18H,5-6,8,10-11H2,1-2H3. The molecule has 0 spiro atoms. The van der Waals surface area contributed by atoms with Crippen LogP contribution in [-0.2, 0) is 6.42 Å². The molecule has 0 aliphatic heterocycles. The Hall–Kier alpha value is -0.890. The fourth-order valence-electron chi connectivity index (χ4n) is 3.39. The summed E-state index contributed by atoms with van der Waals surface area (Å²) in [6, 6.07) is 6.81. The summed E-state index contributed by atoms with van der Waals surface area (Å²) in [6.45, 7) is 4.31. The molecule has 1 nitrogen and oxygen atoms in total. The van der Waals surface area contributed by atoms with Crippen molar-refractivity contribution in [1.29, 1.82) is 0 Å². The fraction of sp³-hybridized carbons (Fsp3) is 0.625. The SMILES string of the molecule is CC(C)C1CCCCC1(O)Cc1ccccc1F. The van der Waals surface area contributed by atoms with E-state index in [-0.39, 0.29) is 11.7 Å².